The molecule has 172 valence electrons. The Bertz CT molecular complexity index is 916. The van der Waals surface area contributed by atoms with Gasteiger partial charge < -0.3 is 28.4 Å². The Morgan fingerprint density at radius 2 is 1.66 bits per heavy atom. The van der Waals surface area contributed by atoms with Crippen LogP contribution in [0.1, 0.15) is 27.7 Å². The number of carbonyl (C=O) groups is 2. The van der Waals surface area contributed by atoms with E-state index in [0.29, 0.717) is 0 Å². The monoisotopic (exact) mass is 446 g/mol. The molecule has 0 N–H and O–H groups in total. The van der Waals surface area contributed by atoms with Gasteiger partial charge in [-0.2, -0.15) is 10.5 Å². The molecule has 4 rings (SSSR count). The van der Waals surface area contributed by atoms with Gasteiger partial charge in [0, 0.05) is 18.8 Å². The van der Waals surface area contributed by atoms with Gasteiger partial charge in [-0.1, -0.05) is 0 Å². The molecule has 0 amide bonds. The largest absolute Gasteiger partial charge is 0.465 e. The number of ether oxygens (including phenoxy) is 6. The molecule has 0 spiro atoms. The van der Waals surface area contributed by atoms with Crippen LogP contribution in [0.4, 0.5) is 0 Å². The Morgan fingerprint density at radius 1 is 1.00 bits per heavy atom. The molecule has 32 heavy (non-hydrogen) atoms. The SMILES string of the molecule is CCOC(=O)C1=C[C@]2(C#N)O[C@H](OCC)[C@H]1[C@@H]1[C@@H](OCC)OC(C#N)=C[C@@]12C(=O)OCC. The summed E-state index contributed by atoms with van der Waals surface area (Å²) in [5.41, 5.74) is -3.71. The summed E-state index contributed by atoms with van der Waals surface area (Å²) >= 11 is 0. The first-order valence-corrected chi connectivity index (χ1v) is 10.6. The van der Waals surface area contributed by atoms with Gasteiger partial charge >= 0.3 is 11.9 Å². The number of carbonyl (C=O) groups excluding carboxylic acids is 2. The van der Waals surface area contributed by atoms with E-state index >= 15 is 0 Å². The van der Waals surface area contributed by atoms with E-state index in [0.717, 1.165) is 0 Å². The van der Waals surface area contributed by atoms with Crippen LogP contribution in [-0.2, 0) is 38.0 Å². The molecule has 0 saturated carbocycles. The lowest BCUT2D eigenvalue weighted by Crippen LogP contribution is -2.72. The number of allylic oxidation sites excluding steroid dienone is 1. The van der Waals surface area contributed by atoms with Crippen molar-refractivity contribution in [2.45, 2.75) is 45.9 Å². The van der Waals surface area contributed by atoms with Crippen molar-refractivity contribution in [1.29, 1.82) is 10.5 Å². The molecule has 1 aliphatic carbocycles. The third-order valence-corrected chi connectivity index (χ3v) is 5.80. The third-order valence-electron chi connectivity index (χ3n) is 5.80. The van der Waals surface area contributed by atoms with Crippen LogP contribution in [0.15, 0.2) is 23.5 Å². The van der Waals surface area contributed by atoms with Crippen molar-refractivity contribution in [1.82, 2.24) is 0 Å². The standard InChI is InChI=1S/C22H26N2O8/c1-5-27-17(25)14-10-21(12-24)22(20(26)30-8-4)9-13(11-23)31-19(29-7-3)16(22)15(14)18(32-21)28-6-2/h9-10,15-16,18-19H,5-8H2,1-4H3/t15-,16-,18+,19+,21-,22+/m1/s1. The summed E-state index contributed by atoms with van der Waals surface area (Å²) in [6.45, 7) is 7.29. The van der Waals surface area contributed by atoms with Gasteiger partial charge in [-0.25, -0.2) is 4.79 Å². The summed E-state index contributed by atoms with van der Waals surface area (Å²) in [4.78, 5) is 26.4. The maximum Gasteiger partial charge on any atom is 0.334 e. The fourth-order valence-electron chi connectivity index (χ4n) is 4.71. The highest BCUT2D eigenvalue weighted by Crippen LogP contribution is 2.62. The molecule has 10 nitrogen and oxygen atoms in total. The average Bonchev–Trinajstić information content (AvgIpc) is 2.79. The minimum absolute atomic E-state index is 0.0265. The zero-order chi connectivity index (χ0) is 23.5. The minimum atomic E-state index is -2.03. The van der Waals surface area contributed by atoms with Crippen molar-refractivity contribution >= 4 is 11.9 Å². The van der Waals surface area contributed by atoms with Crippen LogP contribution in [0.5, 0.6) is 0 Å². The number of fused-ring (bicyclic) bond motifs is 1. The number of hydrogen-bond donors (Lipinski definition) is 0. The summed E-state index contributed by atoms with van der Waals surface area (Å²) in [7, 11) is 0. The predicted molar refractivity (Wildman–Crippen MR) is 106 cm³/mol. The maximum atomic E-state index is 13.5. The molecule has 0 aromatic rings. The second-order valence-electron chi connectivity index (χ2n) is 7.31. The minimum Gasteiger partial charge on any atom is -0.465 e. The van der Waals surface area contributed by atoms with Gasteiger partial charge in [0.25, 0.3) is 0 Å². The van der Waals surface area contributed by atoms with E-state index < -0.39 is 47.4 Å². The van der Waals surface area contributed by atoms with Crippen molar-refractivity contribution < 1.29 is 38.0 Å². The van der Waals surface area contributed by atoms with E-state index in [4.69, 9.17) is 28.4 Å². The number of nitrogens with zero attached hydrogens (tertiary/aromatic N) is 2. The van der Waals surface area contributed by atoms with Crippen molar-refractivity contribution in [2.75, 3.05) is 26.4 Å². The van der Waals surface area contributed by atoms with Crippen molar-refractivity contribution in [3.63, 3.8) is 0 Å². The molecular weight excluding hydrogens is 420 g/mol. The first kappa shape index (κ1) is 23.7. The Morgan fingerprint density at radius 3 is 2.22 bits per heavy atom. The number of esters is 2. The molecular formula is C22H26N2O8. The highest BCUT2D eigenvalue weighted by Gasteiger charge is 2.76. The molecule has 0 unspecified atom stereocenters. The lowest BCUT2D eigenvalue weighted by molar-refractivity contribution is -0.321. The second kappa shape index (κ2) is 9.29. The Kier molecular flexibility index (Phi) is 6.89. The van der Waals surface area contributed by atoms with Gasteiger partial charge in [0.1, 0.15) is 17.6 Å². The number of hydrogen-bond acceptors (Lipinski definition) is 10. The lowest BCUT2D eigenvalue weighted by atomic mass is 9.51. The molecule has 3 aliphatic heterocycles. The van der Waals surface area contributed by atoms with E-state index in [1.54, 1.807) is 27.7 Å². The summed E-state index contributed by atoms with van der Waals surface area (Å²) in [6.07, 6.45) is 0.340. The van der Waals surface area contributed by atoms with Crippen LogP contribution in [0.3, 0.4) is 0 Å². The topological polar surface area (TPSA) is 137 Å². The van der Waals surface area contributed by atoms with Crippen molar-refractivity contribution in [2.24, 2.45) is 17.3 Å². The lowest BCUT2D eigenvalue weighted by Gasteiger charge is -2.60. The molecule has 1 fully saturated rings. The molecule has 10 heteroatoms. The Labute approximate surface area is 186 Å². The normalized spacial score (nSPS) is 34.7. The van der Waals surface area contributed by atoms with E-state index in [1.807, 2.05) is 6.07 Å². The van der Waals surface area contributed by atoms with Gasteiger partial charge in [-0.15, -0.1) is 0 Å². The highest BCUT2D eigenvalue weighted by atomic mass is 16.7. The summed E-state index contributed by atoms with van der Waals surface area (Å²) < 4.78 is 33.9. The Hall–Kier alpha value is -2.92. The summed E-state index contributed by atoms with van der Waals surface area (Å²) in [5, 5.41) is 19.9. The van der Waals surface area contributed by atoms with E-state index in [9.17, 15) is 20.1 Å². The van der Waals surface area contributed by atoms with Gasteiger partial charge in [-0.3, -0.25) is 4.79 Å². The molecule has 0 aromatic carbocycles. The van der Waals surface area contributed by atoms with Gasteiger partial charge in [0.05, 0.1) is 25.0 Å². The number of rotatable bonds is 8. The third kappa shape index (κ3) is 3.36. The van der Waals surface area contributed by atoms with Crippen LogP contribution in [-0.4, -0.2) is 56.5 Å². The van der Waals surface area contributed by atoms with Gasteiger partial charge in [0.2, 0.25) is 6.29 Å². The van der Waals surface area contributed by atoms with Crippen LogP contribution >= 0.6 is 0 Å². The zero-order valence-corrected chi connectivity index (χ0v) is 18.5. The van der Waals surface area contributed by atoms with E-state index in [-0.39, 0.29) is 37.8 Å². The van der Waals surface area contributed by atoms with Gasteiger partial charge in [-0.05, 0) is 39.8 Å². The molecule has 1 saturated heterocycles. The van der Waals surface area contributed by atoms with Crippen LogP contribution in [0, 0.1) is 39.9 Å². The van der Waals surface area contributed by atoms with Crippen LogP contribution in [0.2, 0.25) is 0 Å². The van der Waals surface area contributed by atoms with Crippen molar-refractivity contribution in [3.8, 4) is 12.1 Å². The molecule has 2 bridgehead atoms. The number of nitriles is 2. The average molecular weight is 446 g/mol. The highest BCUT2D eigenvalue weighted by molar-refractivity contribution is 5.93. The van der Waals surface area contributed by atoms with Gasteiger partial charge in [0.15, 0.2) is 17.7 Å². The van der Waals surface area contributed by atoms with Crippen LogP contribution in [0.25, 0.3) is 0 Å². The van der Waals surface area contributed by atoms with Crippen LogP contribution < -0.4 is 0 Å². The molecule has 0 aromatic heterocycles. The second-order valence-corrected chi connectivity index (χ2v) is 7.31. The predicted octanol–water partition coefficient (Wildman–Crippen LogP) is 1.73. The zero-order valence-electron chi connectivity index (χ0n) is 18.5. The summed E-state index contributed by atoms with van der Waals surface area (Å²) in [5.74, 6) is -3.51. The summed E-state index contributed by atoms with van der Waals surface area (Å²) in [6, 6.07) is 3.94. The Balaban J connectivity index is 2.36. The maximum absolute atomic E-state index is 13.5. The smallest absolute Gasteiger partial charge is 0.334 e. The molecule has 4 aliphatic rings. The molecule has 6 atom stereocenters. The fraction of sp³-hybridized carbons (Fsp3) is 0.636. The quantitative estimate of drug-likeness (QED) is 0.507. The first-order chi connectivity index (χ1) is 15.4. The first-order valence-electron chi connectivity index (χ1n) is 10.6. The van der Waals surface area contributed by atoms with E-state index in [1.165, 1.54) is 12.2 Å². The molecule has 3 heterocycles. The molecule has 0 radical (unpaired) electrons. The fourth-order valence-corrected chi connectivity index (χ4v) is 4.71. The van der Waals surface area contributed by atoms with Crippen molar-refractivity contribution in [3.05, 3.63) is 23.5 Å². The van der Waals surface area contributed by atoms with E-state index in [2.05, 4.69) is 6.07 Å².